The van der Waals surface area contributed by atoms with Gasteiger partial charge in [-0.1, -0.05) is 46.2 Å². The Kier molecular flexibility index (Phi) is 4.52. The van der Waals surface area contributed by atoms with Gasteiger partial charge in [0.2, 0.25) is 0 Å². The summed E-state index contributed by atoms with van der Waals surface area (Å²) in [5, 5.41) is 13.2. The van der Waals surface area contributed by atoms with Gasteiger partial charge in [-0.25, -0.2) is 4.98 Å². The minimum Gasteiger partial charge on any atom is -0.409 e. The summed E-state index contributed by atoms with van der Waals surface area (Å²) in [6, 6.07) is 8.91. The minimum atomic E-state index is -0.0552. The van der Waals surface area contributed by atoms with E-state index in [4.69, 9.17) is 34.1 Å². The summed E-state index contributed by atoms with van der Waals surface area (Å²) < 4.78 is 0. The number of hydrogen-bond acceptors (Lipinski definition) is 4. The maximum absolute atomic E-state index is 8.69. The van der Waals surface area contributed by atoms with E-state index in [1.165, 1.54) is 11.8 Å². The Labute approximate surface area is 124 Å². The molecule has 0 bridgehead atoms. The van der Waals surface area contributed by atoms with E-state index in [2.05, 4.69) is 10.1 Å². The smallest absolute Gasteiger partial charge is 0.171 e. The molecule has 0 fully saturated rings. The average molecular weight is 314 g/mol. The lowest BCUT2D eigenvalue weighted by molar-refractivity contribution is 0.318. The van der Waals surface area contributed by atoms with Crippen LogP contribution in [0.4, 0.5) is 0 Å². The number of nitrogens with two attached hydrogens (primary N) is 1. The van der Waals surface area contributed by atoms with E-state index in [0.29, 0.717) is 20.6 Å². The first-order chi connectivity index (χ1) is 9.11. The van der Waals surface area contributed by atoms with Crippen LogP contribution in [0.3, 0.4) is 0 Å². The van der Waals surface area contributed by atoms with Gasteiger partial charge in [0.25, 0.3) is 0 Å². The molecule has 0 aliphatic rings. The number of aromatic nitrogens is 1. The molecule has 4 nitrogen and oxygen atoms in total. The Morgan fingerprint density at radius 3 is 2.79 bits per heavy atom. The molecule has 2 rings (SSSR count). The third kappa shape index (κ3) is 3.32. The zero-order valence-corrected chi connectivity index (χ0v) is 11.9. The number of hydrogen-bond donors (Lipinski definition) is 2. The van der Waals surface area contributed by atoms with E-state index >= 15 is 0 Å². The molecule has 1 heterocycles. The standard InChI is InChI=1S/C12H9Cl2N3OS/c13-7-2-1-3-8(6-7)19-12-10(14)9(4-5-16-12)11(15)17-18/h1-6,18H,(H2,15,17). The first kappa shape index (κ1) is 14.0. The molecule has 19 heavy (non-hydrogen) atoms. The minimum absolute atomic E-state index is 0.0552. The molecule has 98 valence electrons. The second kappa shape index (κ2) is 6.14. The van der Waals surface area contributed by atoms with Crippen LogP contribution in [0.15, 0.2) is 51.6 Å². The molecule has 7 heteroatoms. The van der Waals surface area contributed by atoms with Gasteiger partial charge in [0, 0.05) is 21.7 Å². The summed E-state index contributed by atoms with van der Waals surface area (Å²) in [7, 11) is 0. The van der Waals surface area contributed by atoms with Crippen molar-refractivity contribution in [3.05, 3.63) is 52.1 Å². The third-order valence-corrected chi connectivity index (χ3v) is 3.97. The van der Waals surface area contributed by atoms with E-state index in [9.17, 15) is 0 Å². The zero-order chi connectivity index (χ0) is 13.8. The molecule has 0 spiro atoms. The number of oxime groups is 1. The SMILES string of the molecule is N/C(=N/O)c1ccnc(Sc2cccc(Cl)c2)c1Cl. The van der Waals surface area contributed by atoms with Crippen LogP contribution in [0.25, 0.3) is 0 Å². The van der Waals surface area contributed by atoms with Crippen molar-refractivity contribution in [3.63, 3.8) is 0 Å². The van der Waals surface area contributed by atoms with Crippen molar-refractivity contribution in [2.24, 2.45) is 10.9 Å². The number of pyridine rings is 1. The van der Waals surface area contributed by atoms with Crippen LogP contribution in [-0.4, -0.2) is 16.0 Å². The predicted molar refractivity (Wildman–Crippen MR) is 77.3 cm³/mol. The Morgan fingerprint density at radius 1 is 1.32 bits per heavy atom. The van der Waals surface area contributed by atoms with Crippen LogP contribution in [-0.2, 0) is 0 Å². The number of halogens is 2. The highest BCUT2D eigenvalue weighted by molar-refractivity contribution is 7.99. The maximum Gasteiger partial charge on any atom is 0.171 e. The second-order valence-electron chi connectivity index (χ2n) is 3.52. The van der Waals surface area contributed by atoms with Crippen LogP contribution in [0.5, 0.6) is 0 Å². The monoisotopic (exact) mass is 313 g/mol. The second-order valence-corrected chi connectivity index (χ2v) is 5.40. The number of amidine groups is 1. The Balaban J connectivity index is 2.36. The summed E-state index contributed by atoms with van der Waals surface area (Å²) in [4.78, 5) is 5.08. The molecular formula is C12H9Cl2N3OS. The van der Waals surface area contributed by atoms with Crippen LogP contribution in [0.1, 0.15) is 5.56 Å². The maximum atomic E-state index is 8.69. The number of benzene rings is 1. The van der Waals surface area contributed by atoms with Gasteiger partial charge in [0.15, 0.2) is 5.84 Å². The van der Waals surface area contributed by atoms with Crippen molar-refractivity contribution >= 4 is 40.8 Å². The molecule has 0 atom stereocenters. The Hall–Kier alpha value is -1.43. The molecule has 0 radical (unpaired) electrons. The van der Waals surface area contributed by atoms with Crippen molar-refractivity contribution in [2.45, 2.75) is 9.92 Å². The predicted octanol–water partition coefficient (Wildman–Crippen LogP) is 3.63. The first-order valence-corrected chi connectivity index (χ1v) is 6.75. The molecule has 0 amide bonds. The van der Waals surface area contributed by atoms with E-state index in [1.807, 2.05) is 12.1 Å². The van der Waals surface area contributed by atoms with Gasteiger partial charge in [-0.3, -0.25) is 0 Å². The molecule has 0 saturated carbocycles. The van der Waals surface area contributed by atoms with Gasteiger partial charge in [0.05, 0.1) is 5.02 Å². The van der Waals surface area contributed by atoms with Crippen molar-refractivity contribution in [3.8, 4) is 0 Å². The van der Waals surface area contributed by atoms with Gasteiger partial charge in [-0.15, -0.1) is 0 Å². The Bertz CT molecular complexity index is 634. The topological polar surface area (TPSA) is 71.5 Å². The summed E-state index contributed by atoms with van der Waals surface area (Å²) >= 11 is 13.5. The molecule has 2 aromatic rings. The van der Waals surface area contributed by atoms with Crippen molar-refractivity contribution in [2.75, 3.05) is 0 Å². The molecule has 1 aromatic heterocycles. The average Bonchev–Trinajstić information content (AvgIpc) is 2.40. The lowest BCUT2D eigenvalue weighted by Gasteiger charge is -2.07. The summed E-state index contributed by atoms with van der Waals surface area (Å²) in [5.41, 5.74) is 5.97. The van der Waals surface area contributed by atoms with Gasteiger partial charge in [-0.2, -0.15) is 0 Å². The van der Waals surface area contributed by atoms with Gasteiger partial charge >= 0.3 is 0 Å². The summed E-state index contributed by atoms with van der Waals surface area (Å²) in [5.74, 6) is -0.0552. The molecule has 0 unspecified atom stereocenters. The number of nitrogens with zero attached hydrogens (tertiary/aromatic N) is 2. The molecule has 1 aromatic carbocycles. The van der Waals surface area contributed by atoms with Gasteiger partial charge in [0.1, 0.15) is 5.03 Å². The lowest BCUT2D eigenvalue weighted by Crippen LogP contribution is -2.14. The van der Waals surface area contributed by atoms with E-state index < -0.39 is 0 Å². The van der Waals surface area contributed by atoms with Gasteiger partial charge < -0.3 is 10.9 Å². The van der Waals surface area contributed by atoms with E-state index in [0.717, 1.165) is 4.90 Å². The van der Waals surface area contributed by atoms with Crippen molar-refractivity contribution in [1.29, 1.82) is 0 Å². The molecule has 0 aliphatic carbocycles. The normalized spacial score (nSPS) is 11.6. The number of rotatable bonds is 3. The first-order valence-electron chi connectivity index (χ1n) is 5.17. The highest BCUT2D eigenvalue weighted by Crippen LogP contribution is 2.34. The molecule has 0 saturated heterocycles. The molecular weight excluding hydrogens is 305 g/mol. The summed E-state index contributed by atoms with van der Waals surface area (Å²) in [6.07, 6.45) is 1.55. The fraction of sp³-hybridized carbons (Fsp3) is 0. The highest BCUT2D eigenvalue weighted by Gasteiger charge is 2.12. The van der Waals surface area contributed by atoms with Crippen molar-refractivity contribution < 1.29 is 5.21 Å². The highest BCUT2D eigenvalue weighted by atomic mass is 35.5. The molecule has 3 N–H and O–H groups in total. The van der Waals surface area contributed by atoms with Crippen molar-refractivity contribution in [1.82, 2.24) is 4.98 Å². The Morgan fingerprint density at radius 2 is 2.11 bits per heavy atom. The zero-order valence-electron chi connectivity index (χ0n) is 9.55. The van der Waals surface area contributed by atoms with E-state index in [1.54, 1.807) is 24.4 Å². The summed E-state index contributed by atoms with van der Waals surface area (Å²) in [6.45, 7) is 0. The van der Waals surface area contributed by atoms with Crippen LogP contribution in [0.2, 0.25) is 10.0 Å². The fourth-order valence-corrected chi connectivity index (χ4v) is 2.84. The lowest BCUT2D eigenvalue weighted by atomic mass is 10.2. The molecule has 0 aliphatic heterocycles. The van der Waals surface area contributed by atoms with Gasteiger partial charge in [-0.05, 0) is 24.3 Å². The third-order valence-electron chi connectivity index (χ3n) is 2.25. The largest absolute Gasteiger partial charge is 0.409 e. The van der Waals surface area contributed by atoms with Crippen LogP contribution < -0.4 is 5.73 Å². The van der Waals surface area contributed by atoms with Crippen LogP contribution in [0, 0.1) is 0 Å². The van der Waals surface area contributed by atoms with E-state index in [-0.39, 0.29) is 5.84 Å². The van der Waals surface area contributed by atoms with Crippen LogP contribution >= 0.6 is 35.0 Å². The quantitative estimate of drug-likeness (QED) is 0.393. The fourth-order valence-electron chi connectivity index (χ4n) is 1.39.